The quantitative estimate of drug-likeness (QED) is 0.260. The molecule has 2 aliphatic heterocycles. The van der Waals surface area contributed by atoms with Gasteiger partial charge in [0.15, 0.2) is 6.29 Å². The predicted octanol–water partition coefficient (Wildman–Crippen LogP) is 2.90. The third-order valence-corrected chi connectivity index (χ3v) is 15.5. The second-order valence-corrected chi connectivity index (χ2v) is 18.3. The van der Waals surface area contributed by atoms with Crippen molar-refractivity contribution in [3.63, 3.8) is 0 Å². The number of ether oxygens (including phenoxy) is 3. The Labute approximate surface area is 262 Å². The van der Waals surface area contributed by atoms with Gasteiger partial charge >= 0.3 is 0 Å². The third-order valence-electron chi connectivity index (χ3n) is 15.5. The van der Waals surface area contributed by atoms with Gasteiger partial charge in [-0.2, -0.15) is 0 Å². The van der Waals surface area contributed by atoms with Gasteiger partial charge in [-0.3, -0.25) is 0 Å². The SMILES string of the molecule is CC(C)(O)C1CC[C@](C)(C2C(O)C[C@@]3(C)C4C[C@H](O)C5C(C)(C)C(OC6OC[C@@H](O)C(O)[C@H]6O)CCC56CC46CC[C@]23C)O1. The molecule has 0 radical (unpaired) electrons. The van der Waals surface area contributed by atoms with Crippen molar-refractivity contribution in [1.29, 1.82) is 0 Å². The summed E-state index contributed by atoms with van der Waals surface area (Å²) in [4.78, 5) is 0. The maximum Gasteiger partial charge on any atom is 0.186 e. The Morgan fingerprint density at radius 2 is 1.45 bits per heavy atom. The van der Waals surface area contributed by atoms with Gasteiger partial charge in [0.1, 0.15) is 18.3 Å². The highest BCUT2D eigenvalue weighted by Gasteiger charge is 2.85. The molecule has 5 saturated carbocycles. The van der Waals surface area contributed by atoms with E-state index in [0.29, 0.717) is 18.8 Å². The predicted molar refractivity (Wildman–Crippen MR) is 161 cm³/mol. The number of aliphatic hydroxyl groups is 6. The van der Waals surface area contributed by atoms with E-state index in [4.69, 9.17) is 14.2 Å². The first-order chi connectivity index (χ1) is 20.3. The molecular formula is C35H58O9. The second-order valence-electron chi connectivity index (χ2n) is 18.3. The molecule has 7 rings (SSSR count). The van der Waals surface area contributed by atoms with Crippen LogP contribution < -0.4 is 0 Å². The highest BCUT2D eigenvalue weighted by Crippen LogP contribution is 2.89. The van der Waals surface area contributed by atoms with Crippen LogP contribution in [0.1, 0.15) is 106 Å². The fourth-order valence-electron chi connectivity index (χ4n) is 13.4. The van der Waals surface area contributed by atoms with Gasteiger partial charge in [-0.05, 0) is 117 Å². The largest absolute Gasteiger partial charge is 0.393 e. The van der Waals surface area contributed by atoms with Crippen LogP contribution in [0.25, 0.3) is 0 Å². The monoisotopic (exact) mass is 622 g/mol. The summed E-state index contributed by atoms with van der Waals surface area (Å²) in [5, 5.41) is 65.5. The molecule has 7 aliphatic rings. The number of aliphatic hydroxyl groups excluding tert-OH is 5. The molecule has 7 fully saturated rings. The average Bonchev–Trinajstić information content (AvgIpc) is 3.27. The smallest absolute Gasteiger partial charge is 0.186 e. The molecule has 0 aromatic heterocycles. The highest BCUT2D eigenvalue weighted by molar-refractivity contribution is 5.33. The van der Waals surface area contributed by atoms with E-state index in [-0.39, 0.29) is 52.3 Å². The summed E-state index contributed by atoms with van der Waals surface area (Å²) >= 11 is 0. The Hall–Kier alpha value is -0.360. The van der Waals surface area contributed by atoms with Gasteiger partial charge in [-0.1, -0.05) is 27.7 Å². The van der Waals surface area contributed by atoms with Crippen LogP contribution in [0.2, 0.25) is 0 Å². The molecule has 0 amide bonds. The van der Waals surface area contributed by atoms with E-state index in [9.17, 15) is 30.6 Å². The summed E-state index contributed by atoms with van der Waals surface area (Å²) in [6.07, 6.45) is 1.57. The summed E-state index contributed by atoms with van der Waals surface area (Å²) < 4.78 is 18.7. The summed E-state index contributed by atoms with van der Waals surface area (Å²) in [7, 11) is 0. The first-order valence-corrected chi connectivity index (χ1v) is 17.4. The normalized spacial score (nSPS) is 59.8. The minimum Gasteiger partial charge on any atom is -0.393 e. The van der Waals surface area contributed by atoms with Crippen LogP contribution in [0.5, 0.6) is 0 Å². The third kappa shape index (κ3) is 3.97. The van der Waals surface area contributed by atoms with Gasteiger partial charge in [0, 0.05) is 5.92 Å². The molecule has 9 heteroatoms. The van der Waals surface area contributed by atoms with Crippen LogP contribution in [-0.2, 0) is 14.2 Å². The molecule has 0 aromatic rings. The van der Waals surface area contributed by atoms with Crippen molar-refractivity contribution in [2.24, 2.45) is 44.8 Å². The van der Waals surface area contributed by atoms with Crippen LogP contribution in [0.4, 0.5) is 0 Å². The van der Waals surface area contributed by atoms with Crippen molar-refractivity contribution in [3.8, 4) is 0 Å². The second kappa shape index (κ2) is 9.63. The zero-order valence-electron chi connectivity index (χ0n) is 27.8. The maximum atomic E-state index is 12.1. The molecule has 6 N–H and O–H groups in total. The van der Waals surface area contributed by atoms with Crippen molar-refractivity contribution in [1.82, 2.24) is 0 Å². The van der Waals surface area contributed by atoms with Crippen LogP contribution in [-0.4, -0.2) is 97.5 Å². The van der Waals surface area contributed by atoms with Crippen molar-refractivity contribution in [3.05, 3.63) is 0 Å². The van der Waals surface area contributed by atoms with E-state index in [2.05, 4.69) is 34.6 Å². The zero-order chi connectivity index (χ0) is 32.0. The van der Waals surface area contributed by atoms with Gasteiger partial charge < -0.3 is 44.8 Å². The van der Waals surface area contributed by atoms with Gasteiger partial charge in [0.2, 0.25) is 0 Å². The van der Waals surface area contributed by atoms with Crippen molar-refractivity contribution < 1.29 is 44.8 Å². The minimum absolute atomic E-state index is 0.00753. The standard InChI is InChI=1S/C35H58O9/c1-29(2)22(43-28-25(40)24(39)20(38)16-42-28)9-11-35-17-34(35)13-12-31(5)27(33(7)10-8-23(44-33)30(3,4)41)19(37)15-32(31,6)21(34)14-18(36)26(29)35/h18-28,36-41H,8-17H2,1-7H3/t18-,19?,20+,21?,22?,23?,24?,25+,26?,27?,28?,31+,32-,33+,34?,35?/m0/s1. The maximum absolute atomic E-state index is 12.1. The first-order valence-electron chi connectivity index (χ1n) is 17.4. The molecule has 2 heterocycles. The molecular weight excluding hydrogens is 564 g/mol. The number of hydrogen-bond donors (Lipinski definition) is 6. The molecule has 2 spiro atoms. The minimum atomic E-state index is -1.33. The summed E-state index contributed by atoms with van der Waals surface area (Å²) in [6, 6.07) is 0. The highest BCUT2D eigenvalue weighted by atomic mass is 16.7. The van der Waals surface area contributed by atoms with E-state index < -0.39 is 53.4 Å². The fraction of sp³-hybridized carbons (Fsp3) is 1.00. The molecule has 9 nitrogen and oxygen atoms in total. The zero-order valence-corrected chi connectivity index (χ0v) is 27.8. The summed E-state index contributed by atoms with van der Waals surface area (Å²) in [5.74, 6) is 0.285. The van der Waals surface area contributed by atoms with E-state index in [1.54, 1.807) is 0 Å². The first kappa shape index (κ1) is 32.2. The Bertz CT molecular complexity index is 1160. The number of hydrogen-bond acceptors (Lipinski definition) is 9. The lowest BCUT2D eigenvalue weighted by atomic mass is 9.41. The Morgan fingerprint density at radius 1 is 0.750 bits per heavy atom. The van der Waals surface area contributed by atoms with Gasteiger partial charge in [0.05, 0.1) is 42.2 Å². The lowest BCUT2D eigenvalue weighted by molar-refractivity contribution is -0.306. The molecule has 44 heavy (non-hydrogen) atoms. The van der Waals surface area contributed by atoms with Gasteiger partial charge in [-0.15, -0.1) is 0 Å². The molecule has 0 aromatic carbocycles. The van der Waals surface area contributed by atoms with Crippen LogP contribution in [0.15, 0.2) is 0 Å². The fourth-order valence-corrected chi connectivity index (χ4v) is 13.4. The molecule has 5 aliphatic carbocycles. The van der Waals surface area contributed by atoms with Crippen molar-refractivity contribution in [2.45, 2.75) is 166 Å². The number of fused-ring (bicyclic) bond motifs is 2. The lowest BCUT2D eigenvalue weighted by Gasteiger charge is -2.64. The van der Waals surface area contributed by atoms with Crippen molar-refractivity contribution >= 4 is 0 Å². The van der Waals surface area contributed by atoms with Crippen LogP contribution in [0, 0.1) is 44.8 Å². The molecule has 16 atom stereocenters. The topological polar surface area (TPSA) is 149 Å². The Morgan fingerprint density at radius 3 is 2.11 bits per heavy atom. The van der Waals surface area contributed by atoms with E-state index in [1.807, 2.05) is 13.8 Å². The molecule has 10 unspecified atom stereocenters. The van der Waals surface area contributed by atoms with E-state index in [0.717, 1.165) is 44.9 Å². The Balaban J connectivity index is 1.15. The lowest BCUT2D eigenvalue weighted by Crippen LogP contribution is -2.63. The van der Waals surface area contributed by atoms with Gasteiger partial charge in [0.25, 0.3) is 0 Å². The molecule has 2 saturated heterocycles. The van der Waals surface area contributed by atoms with Crippen molar-refractivity contribution in [2.75, 3.05) is 6.61 Å². The summed E-state index contributed by atoms with van der Waals surface area (Å²) in [6.45, 7) is 14.8. The molecule has 0 bridgehead atoms. The Kier molecular flexibility index (Phi) is 7.04. The van der Waals surface area contributed by atoms with Crippen LogP contribution in [0.3, 0.4) is 0 Å². The van der Waals surface area contributed by atoms with E-state index in [1.165, 1.54) is 0 Å². The van der Waals surface area contributed by atoms with Gasteiger partial charge in [-0.25, -0.2) is 0 Å². The molecule has 252 valence electrons. The summed E-state index contributed by atoms with van der Waals surface area (Å²) in [5.41, 5.74) is -2.01. The van der Waals surface area contributed by atoms with E-state index >= 15 is 0 Å². The average molecular weight is 623 g/mol. The van der Waals surface area contributed by atoms with Crippen LogP contribution >= 0.6 is 0 Å². The number of rotatable bonds is 4.